The van der Waals surface area contributed by atoms with Gasteiger partial charge in [-0.2, -0.15) is 0 Å². The maximum Gasteiger partial charge on any atom is 0.328 e. The number of hydrogen-bond acceptors (Lipinski definition) is 5. The number of carbonyl (C=O) groups excluding carboxylic acids is 1. The Bertz CT molecular complexity index is 886. The summed E-state index contributed by atoms with van der Waals surface area (Å²) in [6.45, 7) is 3.11. The van der Waals surface area contributed by atoms with Gasteiger partial charge in [0.1, 0.15) is 5.58 Å². The molecule has 8 nitrogen and oxygen atoms in total. The van der Waals surface area contributed by atoms with Gasteiger partial charge in [-0.05, 0) is 44.0 Å². The monoisotopic (exact) mass is 422 g/mol. The Morgan fingerprint density at radius 1 is 1.31 bits per heavy atom. The number of benzene rings is 1. The molecule has 1 amide bonds. The number of hydrogen-bond donors (Lipinski definition) is 4. The summed E-state index contributed by atoms with van der Waals surface area (Å²) in [5.74, 6) is -2.64. The van der Waals surface area contributed by atoms with Gasteiger partial charge < -0.3 is 25.3 Å². The first-order chi connectivity index (χ1) is 13.8. The first kappa shape index (κ1) is 22.4. The molecule has 0 bridgehead atoms. The van der Waals surface area contributed by atoms with E-state index in [4.69, 9.17) is 26.2 Å². The number of fused-ring (bicyclic) bond motifs is 1. The van der Waals surface area contributed by atoms with Gasteiger partial charge in [-0.1, -0.05) is 18.5 Å². The molecule has 2 aromatic rings. The van der Waals surface area contributed by atoms with Crippen LogP contribution < -0.4 is 10.6 Å². The van der Waals surface area contributed by atoms with Crippen molar-refractivity contribution in [2.24, 2.45) is 0 Å². The summed E-state index contributed by atoms with van der Waals surface area (Å²) in [6, 6.07) is 5.76. The van der Waals surface area contributed by atoms with Crippen molar-refractivity contribution in [3.63, 3.8) is 0 Å². The number of rotatable bonds is 6. The van der Waals surface area contributed by atoms with Gasteiger partial charge in [0.15, 0.2) is 0 Å². The van der Waals surface area contributed by atoms with E-state index in [2.05, 4.69) is 17.6 Å². The van der Waals surface area contributed by atoms with Crippen molar-refractivity contribution < 1.29 is 29.0 Å². The van der Waals surface area contributed by atoms with E-state index in [0.717, 1.165) is 31.2 Å². The Morgan fingerprint density at radius 2 is 2.00 bits per heavy atom. The van der Waals surface area contributed by atoms with E-state index in [0.29, 0.717) is 34.4 Å². The lowest BCUT2D eigenvalue weighted by atomic mass is 10.0. The summed E-state index contributed by atoms with van der Waals surface area (Å²) in [6.07, 6.45) is 5.85. The molecule has 1 aliphatic rings. The van der Waals surface area contributed by atoms with Crippen LogP contribution in [0.1, 0.15) is 36.5 Å². The van der Waals surface area contributed by atoms with Crippen molar-refractivity contribution in [1.29, 1.82) is 0 Å². The largest absolute Gasteiger partial charge is 0.478 e. The van der Waals surface area contributed by atoms with E-state index in [1.165, 1.54) is 0 Å². The van der Waals surface area contributed by atoms with Crippen LogP contribution in [-0.2, 0) is 9.59 Å². The summed E-state index contributed by atoms with van der Waals surface area (Å²) < 4.78 is 5.43. The van der Waals surface area contributed by atoms with Crippen LogP contribution in [0.2, 0.25) is 5.02 Å². The van der Waals surface area contributed by atoms with Crippen LogP contribution in [0.3, 0.4) is 0 Å². The van der Waals surface area contributed by atoms with Crippen LogP contribution in [0, 0.1) is 0 Å². The number of halogens is 1. The van der Waals surface area contributed by atoms with Crippen molar-refractivity contribution >= 4 is 40.4 Å². The molecular formula is C20H23ClN2O6. The average Bonchev–Trinajstić information content (AvgIpc) is 3.35. The zero-order valence-electron chi connectivity index (χ0n) is 15.9. The molecule has 1 aromatic heterocycles. The molecule has 2 atom stereocenters. The zero-order chi connectivity index (χ0) is 21.4. The number of carbonyl (C=O) groups is 3. The van der Waals surface area contributed by atoms with Crippen LogP contribution in [0.4, 0.5) is 0 Å². The Kier molecular flexibility index (Phi) is 8.23. The van der Waals surface area contributed by atoms with Crippen molar-refractivity contribution in [2.75, 3.05) is 6.54 Å². The molecule has 156 valence electrons. The fraction of sp³-hybridized carbons (Fsp3) is 0.350. The SMILES string of the molecule is CCC(NC(=O)c1cc(Cl)cc2ccoc12)C1CCCN1.O=C(O)C=CC(=O)O. The minimum atomic E-state index is -1.26. The molecule has 1 aromatic carbocycles. The van der Waals surface area contributed by atoms with Gasteiger partial charge in [0.25, 0.3) is 5.91 Å². The third-order valence-electron chi connectivity index (χ3n) is 4.47. The predicted octanol–water partition coefficient (Wildman–Crippen LogP) is 3.06. The normalized spacial score (nSPS) is 17.0. The second kappa shape index (κ2) is 10.6. The summed E-state index contributed by atoms with van der Waals surface area (Å²) in [5.41, 5.74) is 1.09. The van der Waals surface area contributed by atoms with Crippen LogP contribution in [0.15, 0.2) is 41.0 Å². The Hall–Kier alpha value is -2.84. The molecule has 0 saturated carbocycles. The third-order valence-corrected chi connectivity index (χ3v) is 4.69. The van der Waals surface area contributed by atoms with Gasteiger partial charge in [-0.3, -0.25) is 4.79 Å². The molecule has 2 heterocycles. The van der Waals surface area contributed by atoms with E-state index in [1.807, 2.05) is 6.07 Å². The van der Waals surface area contributed by atoms with Crippen molar-refractivity contribution in [2.45, 2.75) is 38.3 Å². The highest BCUT2D eigenvalue weighted by Crippen LogP contribution is 2.25. The molecule has 1 aliphatic heterocycles. The number of nitrogens with one attached hydrogen (secondary N) is 2. The number of carboxylic acids is 2. The molecule has 0 aliphatic carbocycles. The summed E-state index contributed by atoms with van der Waals surface area (Å²) >= 11 is 6.09. The fourth-order valence-corrected chi connectivity index (χ4v) is 3.37. The van der Waals surface area contributed by atoms with Gasteiger partial charge in [0.2, 0.25) is 0 Å². The van der Waals surface area contributed by atoms with Crippen LogP contribution >= 0.6 is 11.6 Å². The average molecular weight is 423 g/mol. The minimum Gasteiger partial charge on any atom is -0.478 e. The Balaban J connectivity index is 0.000000321. The molecule has 0 spiro atoms. The first-order valence-corrected chi connectivity index (χ1v) is 9.54. The fourth-order valence-electron chi connectivity index (χ4n) is 3.14. The molecule has 9 heteroatoms. The summed E-state index contributed by atoms with van der Waals surface area (Å²) in [5, 5.41) is 23.6. The third kappa shape index (κ3) is 6.62. The second-order valence-corrected chi connectivity index (χ2v) is 6.93. The molecular weight excluding hydrogens is 400 g/mol. The predicted molar refractivity (Wildman–Crippen MR) is 108 cm³/mol. The Morgan fingerprint density at radius 3 is 2.55 bits per heavy atom. The zero-order valence-corrected chi connectivity index (χ0v) is 16.6. The van der Waals surface area contributed by atoms with Gasteiger partial charge in [0.05, 0.1) is 11.8 Å². The highest BCUT2D eigenvalue weighted by Gasteiger charge is 2.26. The summed E-state index contributed by atoms with van der Waals surface area (Å²) in [7, 11) is 0. The topological polar surface area (TPSA) is 129 Å². The minimum absolute atomic E-state index is 0.127. The van der Waals surface area contributed by atoms with Gasteiger partial charge in [-0.15, -0.1) is 0 Å². The second-order valence-electron chi connectivity index (χ2n) is 6.49. The highest BCUT2D eigenvalue weighted by atomic mass is 35.5. The standard InChI is InChI=1S/C16H19ClN2O2.C4H4O4/c1-2-13(14-4-3-6-18-14)19-16(20)12-9-11(17)8-10-5-7-21-15(10)12;5-3(6)1-2-4(7)8/h5,7-9,13-14,18H,2-4,6H2,1H3,(H,19,20);1-2H,(H,5,6)(H,7,8). The summed E-state index contributed by atoms with van der Waals surface area (Å²) in [4.78, 5) is 31.7. The van der Waals surface area contributed by atoms with E-state index >= 15 is 0 Å². The molecule has 1 fully saturated rings. The lowest BCUT2D eigenvalue weighted by molar-refractivity contribution is -0.134. The molecule has 29 heavy (non-hydrogen) atoms. The van der Waals surface area contributed by atoms with E-state index in [9.17, 15) is 14.4 Å². The number of aliphatic carboxylic acids is 2. The Labute approximate surface area is 172 Å². The van der Waals surface area contributed by atoms with Crippen LogP contribution in [0.25, 0.3) is 11.0 Å². The molecule has 0 radical (unpaired) electrons. The first-order valence-electron chi connectivity index (χ1n) is 9.16. The highest BCUT2D eigenvalue weighted by molar-refractivity contribution is 6.32. The van der Waals surface area contributed by atoms with Crippen molar-refractivity contribution in [3.05, 3.63) is 47.2 Å². The van der Waals surface area contributed by atoms with E-state index in [1.54, 1.807) is 18.4 Å². The lowest BCUT2D eigenvalue weighted by Gasteiger charge is -2.23. The number of carboxylic acid groups (broad SMARTS) is 2. The van der Waals surface area contributed by atoms with Crippen LogP contribution in [0.5, 0.6) is 0 Å². The van der Waals surface area contributed by atoms with Crippen molar-refractivity contribution in [3.8, 4) is 0 Å². The van der Waals surface area contributed by atoms with Gasteiger partial charge in [0, 0.05) is 34.6 Å². The maximum absolute atomic E-state index is 12.6. The number of amides is 1. The molecule has 1 saturated heterocycles. The van der Waals surface area contributed by atoms with E-state index < -0.39 is 11.9 Å². The maximum atomic E-state index is 12.6. The van der Waals surface area contributed by atoms with Gasteiger partial charge >= 0.3 is 11.9 Å². The van der Waals surface area contributed by atoms with E-state index in [-0.39, 0.29) is 11.9 Å². The van der Waals surface area contributed by atoms with Crippen LogP contribution in [-0.4, -0.2) is 46.7 Å². The molecule has 3 rings (SSSR count). The molecule has 4 N–H and O–H groups in total. The molecule has 2 unspecified atom stereocenters. The van der Waals surface area contributed by atoms with Crippen molar-refractivity contribution in [1.82, 2.24) is 10.6 Å². The smallest absolute Gasteiger partial charge is 0.328 e. The van der Waals surface area contributed by atoms with Gasteiger partial charge in [-0.25, -0.2) is 9.59 Å². The quantitative estimate of drug-likeness (QED) is 0.526. The lowest BCUT2D eigenvalue weighted by Crippen LogP contribution is -2.47. The number of furan rings is 1.